The fraction of sp³-hybridized carbons (Fsp3) is 0.542. The van der Waals surface area contributed by atoms with Gasteiger partial charge >= 0.3 is 0 Å². The molecule has 2 heterocycles. The molecule has 0 amide bonds. The van der Waals surface area contributed by atoms with E-state index in [1.54, 1.807) is 0 Å². The lowest BCUT2D eigenvalue weighted by Crippen LogP contribution is -2.39. The van der Waals surface area contributed by atoms with Gasteiger partial charge in [0.2, 0.25) is 0 Å². The molecule has 0 saturated carbocycles. The lowest BCUT2D eigenvalue weighted by atomic mass is 9.77. The number of hydrogen-bond acceptors (Lipinski definition) is 4. The van der Waals surface area contributed by atoms with Crippen LogP contribution in [0.25, 0.3) is 0 Å². The fourth-order valence-electron chi connectivity index (χ4n) is 3.95. The molecule has 4 heteroatoms. The highest BCUT2D eigenvalue weighted by Gasteiger charge is 2.31. The van der Waals surface area contributed by atoms with E-state index < -0.39 is 0 Å². The van der Waals surface area contributed by atoms with E-state index in [0.29, 0.717) is 5.75 Å². The van der Waals surface area contributed by atoms with E-state index >= 15 is 0 Å². The van der Waals surface area contributed by atoms with Gasteiger partial charge in [-0.15, -0.1) is 0 Å². The van der Waals surface area contributed by atoms with Crippen molar-refractivity contribution >= 4 is 0 Å². The van der Waals surface area contributed by atoms with E-state index in [2.05, 4.69) is 69.6 Å². The Hall–Kier alpha value is -1.91. The van der Waals surface area contributed by atoms with E-state index in [-0.39, 0.29) is 16.9 Å². The predicted octanol–water partition coefficient (Wildman–Crippen LogP) is 4.80. The van der Waals surface area contributed by atoms with Crippen LogP contribution in [0, 0.1) is 0 Å². The maximum Gasteiger partial charge on any atom is 0.123 e. The van der Waals surface area contributed by atoms with Crippen LogP contribution in [0.15, 0.2) is 36.7 Å². The maximum atomic E-state index is 11.1. The van der Waals surface area contributed by atoms with Crippen LogP contribution in [0.5, 0.6) is 5.75 Å². The summed E-state index contributed by atoms with van der Waals surface area (Å²) in [6.07, 6.45) is 3.78. The molecule has 1 N–H and O–H groups in total. The van der Waals surface area contributed by atoms with Crippen LogP contribution < -0.4 is 0 Å². The van der Waals surface area contributed by atoms with Crippen LogP contribution in [-0.2, 0) is 15.6 Å². The lowest BCUT2D eigenvalue weighted by molar-refractivity contribution is 0.0238. The number of nitrogens with zero attached hydrogens (tertiary/aromatic N) is 2. The van der Waals surface area contributed by atoms with Crippen molar-refractivity contribution in [1.29, 1.82) is 0 Å². The van der Waals surface area contributed by atoms with Gasteiger partial charge < -0.3 is 9.84 Å². The molecule has 1 atom stereocenters. The first-order valence-corrected chi connectivity index (χ1v) is 10.2. The summed E-state index contributed by atoms with van der Waals surface area (Å²) < 4.78 is 5.60. The van der Waals surface area contributed by atoms with Crippen LogP contribution in [0.2, 0.25) is 0 Å². The Morgan fingerprint density at radius 1 is 0.964 bits per heavy atom. The van der Waals surface area contributed by atoms with E-state index in [1.807, 2.05) is 18.5 Å². The minimum absolute atomic E-state index is 0.0976. The van der Waals surface area contributed by atoms with Gasteiger partial charge in [0.15, 0.2) is 0 Å². The number of benzene rings is 1. The van der Waals surface area contributed by atoms with Gasteiger partial charge in [0.25, 0.3) is 0 Å². The molecular formula is C24H34N2O2. The largest absolute Gasteiger partial charge is 0.507 e. The second-order valence-electron chi connectivity index (χ2n) is 9.80. The Bertz CT molecular complexity index is 763. The van der Waals surface area contributed by atoms with Crippen molar-refractivity contribution in [3.63, 3.8) is 0 Å². The number of pyridine rings is 1. The number of aromatic nitrogens is 1. The SMILES string of the molecule is CC(C)(C)c1cc(C(c2cccnc2)N2CCOCC2)cc(C(C)(C)C)c1O. The van der Waals surface area contributed by atoms with E-state index in [1.165, 1.54) is 11.1 Å². The summed E-state index contributed by atoms with van der Waals surface area (Å²) in [7, 11) is 0. The van der Waals surface area contributed by atoms with Crippen molar-refractivity contribution < 1.29 is 9.84 Å². The second-order valence-corrected chi connectivity index (χ2v) is 9.80. The molecule has 0 radical (unpaired) electrons. The van der Waals surface area contributed by atoms with Crippen LogP contribution in [0.3, 0.4) is 0 Å². The maximum absolute atomic E-state index is 11.1. The van der Waals surface area contributed by atoms with Gasteiger partial charge in [-0.3, -0.25) is 9.88 Å². The van der Waals surface area contributed by atoms with Crippen LogP contribution in [-0.4, -0.2) is 41.3 Å². The molecule has 1 aromatic carbocycles. The zero-order valence-corrected chi connectivity index (χ0v) is 18.1. The third-order valence-electron chi connectivity index (χ3n) is 5.47. The summed E-state index contributed by atoms with van der Waals surface area (Å²) >= 11 is 0. The van der Waals surface area contributed by atoms with E-state index in [4.69, 9.17) is 4.74 Å². The molecule has 1 saturated heterocycles. The number of phenols is 1. The topological polar surface area (TPSA) is 45.6 Å². The molecule has 4 nitrogen and oxygen atoms in total. The molecule has 0 bridgehead atoms. The summed E-state index contributed by atoms with van der Waals surface area (Å²) in [6.45, 7) is 16.2. The smallest absolute Gasteiger partial charge is 0.123 e. The monoisotopic (exact) mass is 382 g/mol. The number of hydrogen-bond donors (Lipinski definition) is 1. The molecule has 0 spiro atoms. The number of rotatable bonds is 3. The standard InChI is InChI=1S/C24H34N2O2/c1-23(2,3)19-14-18(15-20(22(19)27)24(4,5)6)21(17-8-7-9-25-16-17)26-10-12-28-13-11-26/h7-9,14-16,21,27H,10-13H2,1-6H3. The Morgan fingerprint density at radius 3 is 2.00 bits per heavy atom. The van der Waals surface area contributed by atoms with Gasteiger partial charge in [0, 0.05) is 25.5 Å². The lowest BCUT2D eigenvalue weighted by Gasteiger charge is -2.37. The summed E-state index contributed by atoms with van der Waals surface area (Å²) in [4.78, 5) is 6.84. The quantitative estimate of drug-likeness (QED) is 0.828. The zero-order chi connectivity index (χ0) is 20.5. The predicted molar refractivity (Wildman–Crippen MR) is 114 cm³/mol. The minimum Gasteiger partial charge on any atom is -0.507 e. The van der Waals surface area contributed by atoms with Crippen LogP contribution in [0.4, 0.5) is 0 Å². The first kappa shape index (κ1) is 20.8. The average Bonchev–Trinajstić information content (AvgIpc) is 2.63. The third-order valence-corrected chi connectivity index (χ3v) is 5.47. The molecule has 1 aromatic heterocycles. The molecule has 3 rings (SSSR count). The summed E-state index contributed by atoms with van der Waals surface area (Å²) in [5.74, 6) is 0.427. The highest BCUT2D eigenvalue weighted by atomic mass is 16.5. The second kappa shape index (κ2) is 7.84. The van der Waals surface area contributed by atoms with Gasteiger partial charge in [0.05, 0.1) is 19.3 Å². The number of ether oxygens (including phenoxy) is 1. The Balaban J connectivity index is 2.21. The van der Waals surface area contributed by atoms with Crippen molar-refractivity contribution in [2.24, 2.45) is 0 Å². The van der Waals surface area contributed by atoms with Gasteiger partial charge in [-0.25, -0.2) is 0 Å². The minimum atomic E-state index is -0.148. The van der Waals surface area contributed by atoms with Crippen LogP contribution >= 0.6 is 0 Å². The fourth-order valence-corrected chi connectivity index (χ4v) is 3.95. The summed E-state index contributed by atoms with van der Waals surface area (Å²) in [6, 6.07) is 8.63. The molecule has 1 unspecified atom stereocenters. The average molecular weight is 383 g/mol. The number of morpholine rings is 1. The normalized spacial score (nSPS) is 17.5. The highest BCUT2D eigenvalue weighted by molar-refractivity contribution is 5.51. The zero-order valence-electron chi connectivity index (χ0n) is 18.1. The first-order chi connectivity index (χ1) is 13.1. The molecular weight excluding hydrogens is 348 g/mol. The number of aromatic hydroxyl groups is 1. The molecule has 0 aliphatic carbocycles. The third kappa shape index (κ3) is 4.39. The van der Waals surface area contributed by atoms with Crippen molar-refractivity contribution in [1.82, 2.24) is 9.88 Å². The number of phenolic OH excluding ortho intramolecular Hbond substituents is 1. The van der Waals surface area contributed by atoms with Gasteiger partial charge in [-0.2, -0.15) is 0 Å². The molecule has 2 aromatic rings. The van der Waals surface area contributed by atoms with Crippen LogP contribution in [0.1, 0.15) is 69.8 Å². The van der Waals surface area contributed by atoms with E-state index in [0.717, 1.165) is 37.4 Å². The van der Waals surface area contributed by atoms with Crippen molar-refractivity contribution in [2.45, 2.75) is 58.4 Å². The molecule has 1 fully saturated rings. The summed E-state index contributed by atoms with van der Waals surface area (Å²) in [5.41, 5.74) is 4.08. The molecule has 1 aliphatic rings. The van der Waals surface area contributed by atoms with Gasteiger partial charge in [-0.1, -0.05) is 47.6 Å². The van der Waals surface area contributed by atoms with Gasteiger partial charge in [-0.05, 0) is 51.3 Å². The van der Waals surface area contributed by atoms with Crippen molar-refractivity contribution in [3.05, 3.63) is 58.9 Å². The molecule has 1 aliphatic heterocycles. The Labute approximate surface area is 169 Å². The van der Waals surface area contributed by atoms with Crippen molar-refractivity contribution in [2.75, 3.05) is 26.3 Å². The van der Waals surface area contributed by atoms with Gasteiger partial charge in [0.1, 0.15) is 5.75 Å². The molecule has 28 heavy (non-hydrogen) atoms. The van der Waals surface area contributed by atoms with E-state index in [9.17, 15) is 5.11 Å². The Morgan fingerprint density at radius 2 is 1.54 bits per heavy atom. The Kier molecular flexibility index (Phi) is 5.83. The highest BCUT2D eigenvalue weighted by Crippen LogP contribution is 2.42. The summed E-state index contributed by atoms with van der Waals surface area (Å²) in [5, 5.41) is 11.1. The first-order valence-electron chi connectivity index (χ1n) is 10.2. The molecule has 152 valence electrons. The van der Waals surface area contributed by atoms with Crippen molar-refractivity contribution in [3.8, 4) is 5.75 Å².